The number of carbonyl (C=O) groups excluding carboxylic acids is 1. The van der Waals surface area contributed by atoms with Crippen molar-refractivity contribution in [3.63, 3.8) is 0 Å². The smallest absolute Gasteiger partial charge is 0.228 e. The summed E-state index contributed by atoms with van der Waals surface area (Å²) >= 11 is 0. The molecule has 1 heterocycles. The van der Waals surface area contributed by atoms with Crippen molar-refractivity contribution in [3.05, 3.63) is 24.3 Å². The second kappa shape index (κ2) is 6.59. The van der Waals surface area contributed by atoms with Crippen molar-refractivity contribution in [1.82, 2.24) is 4.90 Å². The largest absolute Gasteiger partial charge is 0.489 e. The van der Waals surface area contributed by atoms with Gasteiger partial charge in [-0.25, -0.2) is 0 Å². The first-order chi connectivity index (χ1) is 10.3. The molecule has 0 spiro atoms. The molecular weight excluding hydrogens is 276 g/mol. The summed E-state index contributed by atoms with van der Waals surface area (Å²) < 4.78 is 5.90. The van der Waals surface area contributed by atoms with Crippen LogP contribution < -0.4 is 9.64 Å². The maximum absolute atomic E-state index is 12.4. The van der Waals surface area contributed by atoms with Gasteiger partial charge in [-0.1, -0.05) is 32.9 Å². The summed E-state index contributed by atoms with van der Waals surface area (Å²) in [5.74, 6) is 1.16. The van der Waals surface area contributed by atoms with Crippen molar-refractivity contribution in [2.75, 3.05) is 31.1 Å². The SMILES string of the molecule is CC(C)Oc1ccccc1N1CCN(C(=O)C(C)(C)C)CC1. The molecule has 122 valence electrons. The highest BCUT2D eigenvalue weighted by atomic mass is 16.5. The lowest BCUT2D eigenvalue weighted by atomic mass is 9.94. The van der Waals surface area contributed by atoms with E-state index in [1.807, 2.05) is 57.7 Å². The van der Waals surface area contributed by atoms with Crippen LogP contribution in [-0.2, 0) is 4.79 Å². The van der Waals surface area contributed by atoms with Gasteiger partial charge in [0.2, 0.25) is 5.91 Å². The molecule has 0 radical (unpaired) electrons. The van der Waals surface area contributed by atoms with E-state index in [4.69, 9.17) is 4.74 Å². The first-order valence-corrected chi connectivity index (χ1v) is 8.09. The Bertz CT molecular complexity index is 512. The van der Waals surface area contributed by atoms with Crippen LogP contribution in [0.1, 0.15) is 34.6 Å². The highest BCUT2D eigenvalue weighted by molar-refractivity contribution is 5.81. The summed E-state index contributed by atoms with van der Waals surface area (Å²) in [4.78, 5) is 16.6. The molecule has 1 aromatic rings. The van der Waals surface area contributed by atoms with Crippen LogP contribution in [-0.4, -0.2) is 43.1 Å². The number of amides is 1. The quantitative estimate of drug-likeness (QED) is 0.860. The fourth-order valence-electron chi connectivity index (χ4n) is 2.70. The third-order valence-corrected chi connectivity index (χ3v) is 3.78. The van der Waals surface area contributed by atoms with Crippen LogP contribution in [0.4, 0.5) is 5.69 Å². The molecule has 1 amide bonds. The fraction of sp³-hybridized carbons (Fsp3) is 0.611. The summed E-state index contributed by atoms with van der Waals surface area (Å²) in [6.07, 6.45) is 0.157. The average molecular weight is 304 g/mol. The number of para-hydroxylation sites is 2. The third-order valence-electron chi connectivity index (χ3n) is 3.78. The Kier molecular flexibility index (Phi) is 4.99. The Morgan fingerprint density at radius 3 is 2.23 bits per heavy atom. The number of hydrogen-bond donors (Lipinski definition) is 0. The molecule has 0 aromatic heterocycles. The van der Waals surface area contributed by atoms with Gasteiger partial charge in [-0.3, -0.25) is 4.79 Å². The van der Waals surface area contributed by atoms with Crippen molar-refractivity contribution >= 4 is 11.6 Å². The van der Waals surface area contributed by atoms with E-state index in [1.54, 1.807) is 0 Å². The number of piperazine rings is 1. The van der Waals surface area contributed by atoms with E-state index < -0.39 is 0 Å². The number of hydrogen-bond acceptors (Lipinski definition) is 3. The van der Waals surface area contributed by atoms with E-state index >= 15 is 0 Å². The molecule has 0 unspecified atom stereocenters. The Hall–Kier alpha value is -1.71. The highest BCUT2D eigenvalue weighted by Crippen LogP contribution is 2.30. The van der Waals surface area contributed by atoms with Crippen molar-refractivity contribution in [2.45, 2.75) is 40.7 Å². The monoisotopic (exact) mass is 304 g/mol. The van der Waals surface area contributed by atoms with Gasteiger partial charge in [-0.05, 0) is 26.0 Å². The van der Waals surface area contributed by atoms with Crippen LogP contribution in [0.25, 0.3) is 0 Å². The van der Waals surface area contributed by atoms with Gasteiger partial charge >= 0.3 is 0 Å². The lowest BCUT2D eigenvalue weighted by Gasteiger charge is -2.39. The topological polar surface area (TPSA) is 32.8 Å². The molecule has 1 aliphatic heterocycles. The minimum Gasteiger partial charge on any atom is -0.489 e. The fourth-order valence-corrected chi connectivity index (χ4v) is 2.70. The molecule has 1 saturated heterocycles. The summed E-state index contributed by atoms with van der Waals surface area (Å²) in [6.45, 7) is 13.3. The van der Waals surface area contributed by atoms with E-state index in [9.17, 15) is 4.79 Å². The number of anilines is 1. The predicted octanol–water partition coefficient (Wildman–Crippen LogP) is 3.17. The van der Waals surface area contributed by atoms with Gasteiger partial charge in [0.05, 0.1) is 11.8 Å². The van der Waals surface area contributed by atoms with Gasteiger partial charge in [0, 0.05) is 31.6 Å². The van der Waals surface area contributed by atoms with Gasteiger partial charge < -0.3 is 14.5 Å². The van der Waals surface area contributed by atoms with Crippen molar-refractivity contribution < 1.29 is 9.53 Å². The number of benzene rings is 1. The van der Waals surface area contributed by atoms with Gasteiger partial charge in [0.25, 0.3) is 0 Å². The van der Waals surface area contributed by atoms with Crippen LogP contribution in [0, 0.1) is 5.41 Å². The van der Waals surface area contributed by atoms with Gasteiger partial charge in [-0.15, -0.1) is 0 Å². The summed E-state index contributed by atoms with van der Waals surface area (Å²) in [6, 6.07) is 8.15. The predicted molar refractivity (Wildman–Crippen MR) is 90.5 cm³/mol. The molecule has 4 heteroatoms. The molecule has 1 aliphatic rings. The summed E-state index contributed by atoms with van der Waals surface area (Å²) in [7, 11) is 0. The van der Waals surface area contributed by atoms with Crippen LogP contribution in [0.3, 0.4) is 0 Å². The zero-order valence-corrected chi connectivity index (χ0v) is 14.4. The number of nitrogens with zero attached hydrogens (tertiary/aromatic N) is 2. The average Bonchev–Trinajstić information content (AvgIpc) is 2.46. The second-order valence-corrected chi connectivity index (χ2v) is 7.16. The summed E-state index contributed by atoms with van der Waals surface area (Å²) in [5, 5.41) is 0. The van der Waals surface area contributed by atoms with E-state index in [2.05, 4.69) is 11.0 Å². The van der Waals surface area contributed by atoms with Crippen molar-refractivity contribution in [3.8, 4) is 5.75 Å². The Morgan fingerprint density at radius 2 is 1.68 bits per heavy atom. The van der Waals surface area contributed by atoms with Crippen molar-refractivity contribution in [2.24, 2.45) is 5.41 Å². The van der Waals surface area contributed by atoms with E-state index in [-0.39, 0.29) is 17.4 Å². The molecule has 2 rings (SSSR count). The van der Waals surface area contributed by atoms with E-state index in [1.165, 1.54) is 0 Å². The molecule has 0 atom stereocenters. The molecule has 1 aromatic carbocycles. The normalized spacial score (nSPS) is 16.1. The lowest BCUT2D eigenvalue weighted by Crippen LogP contribution is -2.51. The minimum absolute atomic E-state index is 0.157. The minimum atomic E-state index is -0.305. The van der Waals surface area contributed by atoms with Crippen LogP contribution >= 0.6 is 0 Å². The van der Waals surface area contributed by atoms with Crippen LogP contribution in [0.2, 0.25) is 0 Å². The molecule has 1 fully saturated rings. The maximum Gasteiger partial charge on any atom is 0.228 e. The van der Waals surface area contributed by atoms with Gasteiger partial charge in [0.1, 0.15) is 5.75 Å². The third kappa shape index (κ3) is 3.93. The number of carbonyl (C=O) groups is 1. The van der Waals surface area contributed by atoms with E-state index in [0.29, 0.717) is 0 Å². The van der Waals surface area contributed by atoms with Gasteiger partial charge in [-0.2, -0.15) is 0 Å². The lowest BCUT2D eigenvalue weighted by molar-refractivity contribution is -0.139. The van der Waals surface area contributed by atoms with E-state index in [0.717, 1.165) is 37.6 Å². The molecule has 0 aliphatic carbocycles. The molecule has 0 saturated carbocycles. The highest BCUT2D eigenvalue weighted by Gasteiger charge is 2.30. The summed E-state index contributed by atoms with van der Waals surface area (Å²) in [5.41, 5.74) is 0.819. The number of ether oxygens (including phenoxy) is 1. The van der Waals surface area contributed by atoms with Gasteiger partial charge in [0.15, 0.2) is 0 Å². The van der Waals surface area contributed by atoms with Crippen LogP contribution in [0.5, 0.6) is 5.75 Å². The first kappa shape index (κ1) is 16.7. The molecule has 0 bridgehead atoms. The molecule has 0 N–H and O–H groups in total. The first-order valence-electron chi connectivity index (χ1n) is 8.09. The second-order valence-electron chi connectivity index (χ2n) is 7.16. The Balaban J connectivity index is 2.05. The molecule has 22 heavy (non-hydrogen) atoms. The van der Waals surface area contributed by atoms with Crippen LogP contribution in [0.15, 0.2) is 24.3 Å². The molecular formula is C18H28N2O2. The standard InChI is InChI=1S/C18H28N2O2/c1-14(2)22-16-9-7-6-8-15(16)19-10-12-20(13-11-19)17(21)18(3,4)5/h6-9,14H,10-13H2,1-5H3. The molecule has 4 nitrogen and oxygen atoms in total. The number of rotatable bonds is 3. The Morgan fingerprint density at radius 1 is 1.09 bits per heavy atom. The van der Waals surface area contributed by atoms with Crippen molar-refractivity contribution in [1.29, 1.82) is 0 Å². The Labute approximate surface area is 134 Å². The zero-order chi connectivity index (χ0) is 16.3. The zero-order valence-electron chi connectivity index (χ0n) is 14.4. The maximum atomic E-state index is 12.4.